The van der Waals surface area contributed by atoms with Crippen LogP contribution in [0, 0.1) is 0 Å². The van der Waals surface area contributed by atoms with Gasteiger partial charge in [0.15, 0.2) is 5.96 Å². The fourth-order valence-electron chi connectivity index (χ4n) is 2.81. The number of nitrogens with zero attached hydrogens (tertiary/aromatic N) is 4. The van der Waals surface area contributed by atoms with Gasteiger partial charge in [-0.05, 0) is 12.8 Å². The van der Waals surface area contributed by atoms with Crippen LogP contribution >= 0.6 is 24.0 Å². The van der Waals surface area contributed by atoms with E-state index in [9.17, 15) is 4.79 Å². The van der Waals surface area contributed by atoms with Crippen LogP contribution in [0.25, 0.3) is 0 Å². The molecule has 2 heterocycles. The van der Waals surface area contributed by atoms with E-state index in [2.05, 4.69) is 39.2 Å². The van der Waals surface area contributed by atoms with Gasteiger partial charge in [-0.3, -0.25) is 9.69 Å². The van der Waals surface area contributed by atoms with E-state index in [1.165, 1.54) is 0 Å². The molecule has 0 aromatic rings. The molecule has 2 rings (SSSR count). The molecule has 0 saturated carbocycles. The van der Waals surface area contributed by atoms with Crippen LogP contribution in [0.1, 0.15) is 19.8 Å². The minimum absolute atomic E-state index is 0. The summed E-state index contributed by atoms with van der Waals surface area (Å²) in [6.45, 7) is 7.37. The lowest BCUT2D eigenvalue weighted by atomic mass is 10.2. The summed E-state index contributed by atoms with van der Waals surface area (Å²) in [6, 6.07) is 0.591. The van der Waals surface area contributed by atoms with Gasteiger partial charge in [-0.1, -0.05) is 19.1 Å². The van der Waals surface area contributed by atoms with Gasteiger partial charge in [-0.2, -0.15) is 0 Å². The van der Waals surface area contributed by atoms with Gasteiger partial charge in [0.25, 0.3) is 0 Å². The number of hydrogen-bond donors (Lipinski definition) is 1. The van der Waals surface area contributed by atoms with Gasteiger partial charge >= 0.3 is 0 Å². The molecule has 0 aromatic heterocycles. The van der Waals surface area contributed by atoms with Crippen LogP contribution in [0.5, 0.6) is 0 Å². The summed E-state index contributed by atoms with van der Waals surface area (Å²) in [5.41, 5.74) is 0. The first-order valence-corrected chi connectivity index (χ1v) is 8.24. The second-order valence-corrected chi connectivity index (χ2v) is 6.17. The zero-order chi connectivity index (χ0) is 15.9. The summed E-state index contributed by atoms with van der Waals surface area (Å²) < 4.78 is 0. The van der Waals surface area contributed by atoms with Crippen LogP contribution in [0.4, 0.5) is 0 Å². The van der Waals surface area contributed by atoms with Crippen molar-refractivity contribution in [1.29, 1.82) is 0 Å². The number of carbonyl (C=O) groups is 1. The molecule has 7 heteroatoms. The smallest absolute Gasteiger partial charge is 0.243 e. The molecule has 1 saturated heterocycles. The summed E-state index contributed by atoms with van der Waals surface area (Å²) in [5.74, 6) is 0.919. The molecule has 1 amide bonds. The quantitative estimate of drug-likeness (QED) is 0.303. The first kappa shape index (κ1) is 20.2. The van der Waals surface area contributed by atoms with Crippen molar-refractivity contribution in [3.05, 3.63) is 12.2 Å². The summed E-state index contributed by atoms with van der Waals surface area (Å²) in [6.07, 6.45) is 6.69. The fraction of sp³-hybridized carbons (Fsp3) is 0.750. The predicted octanol–water partition coefficient (Wildman–Crippen LogP) is 0.994. The lowest BCUT2D eigenvalue weighted by Crippen LogP contribution is -2.43. The van der Waals surface area contributed by atoms with Crippen molar-refractivity contribution in [2.24, 2.45) is 4.99 Å². The first-order chi connectivity index (χ1) is 10.6. The third-order valence-electron chi connectivity index (χ3n) is 4.22. The molecular formula is C16H30IN5O. The monoisotopic (exact) mass is 435 g/mol. The number of hydrogen-bond acceptors (Lipinski definition) is 3. The Hall–Kier alpha value is -0.830. The topological polar surface area (TPSA) is 51.2 Å². The number of halogens is 1. The number of rotatable bonds is 5. The molecule has 23 heavy (non-hydrogen) atoms. The van der Waals surface area contributed by atoms with Crippen LogP contribution in [-0.2, 0) is 4.79 Å². The highest BCUT2D eigenvalue weighted by atomic mass is 127. The Morgan fingerprint density at radius 3 is 2.65 bits per heavy atom. The highest BCUT2D eigenvalue weighted by molar-refractivity contribution is 14.0. The Kier molecular flexibility index (Phi) is 8.90. The van der Waals surface area contributed by atoms with Crippen LogP contribution in [-0.4, -0.2) is 86.0 Å². The van der Waals surface area contributed by atoms with E-state index >= 15 is 0 Å². The predicted molar refractivity (Wildman–Crippen MR) is 105 cm³/mol. The van der Waals surface area contributed by atoms with E-state index in [4.69, 9.17) is 0 Å². The van der Waals surface area contributed by atoms with Crippen molar-refractivity contribution in [3.63, 3.8) is 0 Å². The summed E-state index contributed by atoms with van der Waals surface area (Å²) in [5, 5.41) is 3.39. The minimum atomic E-state index is 0. The summed E-state index contributed by atoms with van der Waals surface area (Å²) in [4.78, 5) is 22.7. The normalized spacial score (nSPS) is 21.4. The molecule has 1 fully saturated rings. The molecular weight excluding hydrogens is 405 g/mol. The Labute approximate surface area is 157 Å². The second kappa shape index (κ2) is 10.1. The molecule has 0 radical (unpaired) electrons. The number of likely N-dealkylation sites (tertiary alicyclic amines) is 1. The number of carbonyl (C=O) groups excluding carboxylic acids is 1. The lowest BCUT2D eigenvalue weighted by Gasteiger charge is -2.25. The van der Waals surface area contributed by atoms with Crippen LogP contribution < -0.4 is 5.32 Å². The number of aliphatic imine (C=N–C) groups is 1. The SMILES string of the molecule is CCCNC(=NCC(=O)N(C)C)N1CCC(N2CC=CC2)C1.I. The summed E-state index contributed by atoms with van der Waals surface area (Å²) >= 11 is 0. The maximum Gasteiger partial charge on any atom is 0.243 e. The molecule has 2 aliphatic rings. The molecule has 1 unspecified atom stereocenters. The maximum absolute atomic E-state index is 11.8. The van der Waals surface area contributed by atoms with Gasteiger partial charge in [0.2, 0.25) is 5.91 Å². The molecule has 0 aliphatic carbocycles. The van der Waals surface area contributed by atoms with E-state index in [0.717, 1.165) is 51.5 Å². The van der Waals surface area contributed by atoms with Crippen LogP contribution in [0.3, 0.4) is 0 Å². The molecule has 0 aromatic carbocycles. The summed E-state index contributed by atoms with van der Waals surface area (Å²) in [7, 11) is 3.53. The van der Waals surface area contributed by atoms with Gasteiger partial charge in [-0.15, -0.1) is 24.0 Å². The molecule has 1 N–H and O–H groups in total. The molecule has 0 spiro atoms. The largest absolute Gasteiger partial charge is 0.356 e. The van der Waals surface area contributed by atoms with Crippen LogP contribution in [0.2, 0.25) is 0 Å². The van der Waals surface area contributed by atoms with E-state index in [-0.39, 0.29) is 36.4 Å². The van der Waals surface area contributed by atoms with Gasteiger partial charge in [-0.25, -0.2) is 4.99 Å². The second-order valence-electron chi connectivity index (χ2n) is 6.17. The zero-order valence-corrected chi connectivity index (χ0v) is 16.8. The Morgan fingerprint density at radius 2 is 2.04 bits per heavy atom. The van der Waals surface area contributed by atoms with E-state index in [0.29, 0.717) is 6.04 Å². The van der Waals surface area contributed by atoms with Crippen molar-refractivity contribution >= 4 is 35.8 Å². The molecule has 6 nitrogen and oxygen atoms in total. The maximum atomic E-state index is 11.8. The number of amides is 1. The van der Waals surface area contributed by atoms with Crippen molar-refractivity contribution in [2.45, 2.75) is 25.8 Å². The lowest BCUT2D eigenvalue weighted by molar-refractivity contribution is -0.127. The van der Waals surface area contributed by atoms with Crippen molar-refractivity contribution in [2.75, 3.05) is 53.4 Å². The third-order valence-corrected chi connectivity index (χ3v) is 4.22. The van der Waals surface area contributed by atoms with Gasteiger partial charge in [0.05, 0.1) is 0 Å². The minimum Gasteiger partial charge on any atom is -0.356 e. The highest BCUT2D eigenvalue weighted by Crippen LogP contribution is 2.17. The Bertz CT molecular complexity index is 430. The number of guanidine groups is 1. The molecule has 0 bridgehead atoms. The zero-order valence-electron chi connectivity index (χ0n) is 14.5. The van der Waals surface area contributed by atoms with Crippen molar-refractivity contribution in [1.82, 2.24) is 20.0 Å². The van der Waals surface area contributed by atoms with Gasteiger partial charge in [0, 0.05) is 52.9 Å². The first-order valence-electron chi connectivity index (χ1n) is 8.24. The highest BCUT2D eigenvalue weighted by Gasteiger charge is 2.29. The number of likely N-dealkylation sites (N-methyl/N-ethyl adjacent to an activating group) is 1. The molecule has 2 aliphatic heterocycles. The van der Waals surface area contributed by atoms with Gasteiger partial charge < -0.3 is 15.1 Å². The molecule has 1 atom stereocenters. The average molecular weight is 435 g/mol. The third kappa shape index (κ3) is 5.95. The van der Waals surface area contributed by atoms with E-state index in [1.54, 1.807) is 19.0 Å². The van der Waals surface area contributed by atoms with E-state index < -0.39 is 0 Å². The van der Waals surface area contributed by atoms with Crippen molar-refractivity contribution < 1.29 is 4.79 Å². The standard InChI is InChI=1S/C16H29N5O.HI/c1-4-8-17-16(18-12-15(22)19(2)3)21-11-7-14(13-21)20-9-5-6-10-20;/h5-6,14H,4,7-13H2,1-3H3,(H,17,18);1H. The Morgan fingerprint density at radius 1 is 1.35 bits per heavy atom. The van der Waals surface area contributed by atoms with Crippen LogP contribution in [0.15, 0.2) is 17.1 Å². The molecule has 132 valence electrons. The van der Waals surface area contributed by atoms with Crippen molar-refractivity contribution in [3.8, 4) is 0 Å². The fourth-order valence-corrected chi connectivity index (χ4v) is 2.81. The number of nitrogens with one attached hydrogen (secondary N) is 1. The Balaban J connectivity index is 0.00000264. The van der Waals surface area contributed by atoms with Gasteiger partial charge in [0.1, 0.15) is 6.54 Å². The van der Waals surface area contributed by atoms with E-state index in [1.807, 2.05) is 0 Å². The average Bonchev–Trinajstić information content (AvgIpc) is 3.17.